The Hall–Kier alpha value is -3.93. The van der Waals surface area contributed by atoms with Crippen LogP contribution in [0.1, 0.15) is 41.7 Å². The molecule has 1 aromatic heterocycles. The molecule has 0 fully saturated rings. The van der Waals surface area contributed by atoms with Crippen molar-refractivity contribution in [2.45, 2.75) is 32.1 Å². The number of aromatic nitrogens is 2. The summed E-state index contributed by atoms with van der Waals surface area (Å²) in [5.41, 5.74) is 17.6. The maximum Gasteiger partial charge on any atom is 0.280 e. The maximum atomic E-state index is 12.2. The number of hydrogen-bond acceptors (Lipinski definition) is 8. The fraction of sp³-hybridized carbons (Fsp3) is 0.300. The molecule has 33 heavy (non-hydrogen) atoms. The fourth-order valence-electron chi connectivity index (χ4n) is 2.71. The van der Waals surface area contributed by atoms with E-state index in [2.05, 4.69) is 25.9 Å². The molecule has 0 aliphatic carbocycles. The lowest BCUT2D eigenvalue weighted by Crippen LogP contribution is -2.41. The summed E-state index contributed by atoms with van der Waals surface area (Å²) in [7, 11) is 0. The lowest BCUT2D eigenvalue weighted by atomic mass is 10.1. The van der Waals surface area contributed by atoms with Crippen LogP contribution in [0.3, 0.4) is 0 Å². The molecule has 13 heteroatoms. The summed E-state index contributed by atoms with van der Waals surface area (Å²) < 4.78 is 0. The Morgan fingerprint density at radius 1 is 1.00 bits per heavy atom. The highest BCUT2D eigenvalue weighted by Gasteiger charge is 2.17. The second kappa shape index (κ2) is 12.2. The van der Waals surface area contributed by atoms with Gasteiger partial charge >= 0.3 is 0 Å². The molecule has 176 valence electrons. The second-order valence-electron chi connectivity index (χ2n) is 7.06. The average Bonchev–Trinajstić information content (AvgIpc) is 2.75. The molecule has 2 aromatic rings. The zero-order valence-electron chi connectivity index (χ0n) is 17.8. The number of aryl methyl sites for hydroxylation is 1. The Labute approximate surface area is 195 Å². The van der Waals surface area contributed by atoms with E-state index in [-0.39, 0.29) is 47.2 Å². The minimum Gasteiger partial charge on any atom is -0.382 e. The highest BCUT2D eigenvalue weighted by atomic mass is 35.5. The zero-order valence-corrected chi connectivity index (χ0v) is 18.5. The van der Waals surface area contributed by atoms with Gasteiger partial charge in [-0.1, -0.05) is 23.7 Å². The molecule has 1 aromatic carbocycles. The number of nitrogens with one attached hydrogen (secondary N) is 4. The Morgan fingerprint density at radius 2 is 1.70 bits per heavy atom. The van der Waals surface area contributed by atoms with Gasteiger partial charge in [0.15, 0.2) is 28.4 Å². The van der Waals surface area contributed by atoms with Gasteiger partial charge in [-0.2, -0.15) is 0 Å². The molecule has 0 radical (unpaired) electrons. The van der Waals surface area contributed by atoms with Crippen LogP contribution in [0.4, 0.5) is 17.3 Å². The molecule has 1 heterocycles. The molecular weight excluding hydrogens is 450 g/mol. The number of benzene rings is 1. The van der Waals surface area contributed by atoms with E-state index in [0.717, 1.165) is 24.8 Å². The summed E-state index contributed by atoms with van der Waals surface area (Å²) in [6.07, 6.45) is 2.45. The average molecular weight is 476 g/mol. The second-order valence-corrected chi connectivity index (χ2v) is 7.42. The predicted molar refractivity (Wildman–Crippen MR) is 126 cm³/mol. The van der Waals surface area contributed by atoms with Crippen molar-refractivity contribution in [1.82, 2.24) is 20.6 Å². The van der Waals surface area contributed by atoms with Crippen LogP contribution in [0.25, 0.3) is 0 Å². The molecule has 0 aliphatic rings. The number of rotatable bonds is 10. The third kappa shape index (κ3) is 8.61. The van der Waals surface area contributed by atoms with Gasteiger partial charge in [-0.05, 0) is 37.0 Å². The van der Waals surface area contributed by atoms with Crippen LogP contribution in [-0.4, -0.2) is 40.2 Å². The maximum absolute atomic E-state index is 12.2. The van der Waals surface area contributed by atoms with Crippen LogP contribution in [0, 0.1) is 5.41 Å². The van der Waals surface area contributed by atoms with Crippen LogP contribution in [0.5, 0.6) is 0 Å². The first kappa shape index (κ1) is 25.3. The van der Waals surface area contributed by atoms with Crippen LogP contribution in [-0.2, 0) is 16.0 Å². The first-order chi connectivity index (χ1) is 15.7. The number of amides is 3. The van der Waals surface area contributed by atoms with E-state index in [1.54, 1.807) is 12.1 Å². The highest BCUT2D eigenvalue weighted by molar-refractivity contribution is 6.31. The van der Waals surface area contributed by atoms with Gasteiger partial charge in [-0.25, -0.2) is 9.97 Å². The molecule has 12 nitrogen and oxygen atoms in total. The Balaban J connectivity index is 1.67. The van der Waals surface area contributed by atoms with Gasteiger partial charge in [0.1, 0.15) is 0 Å². The van der Waals surface area contributed by atoms with Gasteiger partial charge in [0.2, 0.25) is 11.8 Å². The van der Waals surface area contributed by atoms with Crippen molar-refractivity contribution in [2.24, 2.45) is 5.73 Å². The van der Waals surface area contributed by atoms with E-state index in [1.165, 1.54) is 0 Å². The van der Waals surface area contributed by atoms with Crippen molar-refractivity contribution in [3.63, 3.8) is 0 Å². The van der Waals surface area contributed by atoms with Crippen molar-refractivity contribution in [3.8, 4) is 0 Å². The molecule has 3 amide bonds. The number of halogens is 1. The molecule has 0 aliphatic heterocycles. The molecule has 0 saturated heterocycles. The minimum absolute atomic E-state index is 0.0109. The summed E-state index contributed by atoms with van der Waals surface area (Å²) in [6, 6.07) is 7.39. The van der Waals surface area contributed by atoms with Gasteiger partial charge in [0, 0.05) is 25.1 Å². The Morgan fingerprint density at radius 3 is 2.36 bits per heavy atom. The third-order valence-electron chi connectivity index (χ3n) is 4.39. The number of unbranched alkanes of at least 4 members (excludes halogenated alkanes) is 1. The van der Waals surface area contributed by atoms with Crippen molar-refractivity contribution in [3.05, 3.63) is 40.7 Å². The summed E-state index contributed by atoms with van der Waals surface area (Å²) in [4.78, 5) is 42.1. The van der Waals surface area contributed by atoms with Gasteiger partial charge in [-0.3, -0.25) is 25.1 Å². The third-order valence-corrected chi connectivity index (χ3v) is 4.67. The molecule has 0 spiro atoms. The molecule has 2 rings (SSSR count). The van der Waals surface area contributed by atoms with E-state index in [9.17, 15) is 14.4 Å². The van der Waals surface area contributed by atoms with Crippen LogP contribution < -0.4 is 33.2 Å². The number of nitrogen functional groups attached to an aromatic ring is 2. The number of guanidine groups is 1. The summed E-state index contributed by atoms with van der Waals surface area (Å²) >= 11 is 5.75. The highest BCUT2D eigenvalue weighted by Crippen LogP contribution is 2.17. The van der Waals surface area contributed by atoms with Crippen molar-refractivity contribution in [2.75, 3.05) is 23.3 Å². The first-order valence-corrected chi connectivity index (χ1v) is 10.4. The number of hydrogen-bond donors (Lipinski definition) is 7. The van der Waals surface area contributed by atoms with Gasteiger partial charge in [0.05, 0.1) is 0 Å². The Bertz CT molecular complexity index is 1030. The SMILES string of the molecule is N=C(NCCCCc1ccc(NC(=O)CCC(N)=O)cc1)NC(=O)c1nc(Cl)c(N)nc1N. The van der Waals surface area contributed by atoms with Crippen LogP contribution in [0.15, 0.2) is 24.3 Å². The lowest BCUT2D eigenvalue weighted by Gasteiger charge is -2.10. The molecule has 0 unspecified atom stereocenters. The molecule has 0 atom stereocenters. The van der Waals surface area contributed by atoms with Gasteiger partial charge in [0.25, 0.3) is 5.91 Å². The number of carbonyl (C=O) groups excluding carboxylic acids is 3. The monoisotopic (exact) mass is 475 g/mol. The van der Waals surface area contributed by atoms with Crippen LogP contribution in [0.2, 0.25) is 5.15 Å². The van der Waals surface area contributed by atoms with E-state index in [4.69, 9.17) is 34.2 Å². The van der Waals surface area contributed by atoms with Gasteiger partial charge < -0.3 is 27.8 Å². The predicted octanol–water partition coefficient (Wildman–Crippen LogP) is 0.775. The standard InChI is InChI=1S/C20H26ClN9O3/c21-16-18(24)29-17(23)15(28-16)19(33)30-20(25)26-10-2-1-3-11-4-6-12(7-5-11)27-14(32)9-8-13(22)31/h4-7H,1-3,8-10H2,(H2,22,31)(H,27,32)(H4,23,24,29)(H3,25,26,30,33). The van der Waals surface area contributed by atoms with E-state index in [1.807, 2.05) is 12.1 Å². The minimum atomic E-state index is -0.721. The number of nitrogens with zero attached hydrogens (tertiary/aromatic N) is 2. The quantitative estimate of drug-likeness (QED) is 0.147. The van der Waals surface area contributed by atoms with E-state index in [0.29, 0.717) is 12.2 Å². The summed E-state index contributed by atoms with van der Waals surface area (Å²) in [6.45, 7) is 0.469. The summed E-state index contributed by atoms with van der Waals surface area (Å²) in [5.74, 6) is -1.97. The summed E-state index contributed by atoms with van der Waals surface area (Å²) in [5, 5.41) is 15.5. The number of anilines is 3. The Kier molecular flexibility index (Phi) is 9.36. The fourth-order valence-corrected chi connectivity index (χ4v) is 2.83. The lowest BCUT2D eigenvalue weighted by molar-refractivity contribution is -0.122. The largest absolute Gasteiger partial charge is 0.382 e. The van der Waals surface area contributed by atoms with Gasteiger partial charge in [-0.15, -0.1) is 0 Å². The normalized spacial score (nSPS) is 10.3. The van der Waals surface area contributed by atoms with E-state index >= 15 is 0 Å². The van der Waals surface area contributed by atoms with Crippen molar-refractivity contribution < 1.29 is 14.4 Å². The van der Waals surface area contributed by atoms with Crippen molar-refractivity contribution >= 4 is 52.6 Å². The first-order valence-electron chi connectivity index (χ1n) is 10.0. The molecule has 0 bridgehead atoms. The number of carbonyl (C=O) groups is 3. The molecule has 10 N–H and O–H groups in total. The molecule has 0 saturated carbocycles. The number of primary amides is 1. The molecular formula is C20H26ClN9O3. The van der Waals surface area contributed by atoms with E-state index < -0.39 is 11.8 Å². The smallest absolute Gasteiger partial charge is 0.280 e. The topological polar surface area (TPSA) is 215 Å². The zero-order chi connectivity index (χ0) is 24.4. The van der Waals surface area contributed by atoms with Crippen LogP contribution >= 0.6 is 11.6 Å². The number of nitrogens with two attached hydrogens (primary N) is 3. The van der Waals surface area contributed by atoms with Crippen molar-refractivity contribution in [1.29, 1.82) is 5.41 Å².